The van der Waals surface area contributed by atoms with Crippen molar-refractivity contribution in [3.8, 4) is 0 Å². The fourth-order valence-corrected chi connectivity index (χ4v) is 2.39. The van der Waals surface area contributed by atoms with Crippen LogP contribution < -0.4 is 4.90 Å². The van der Waals surface area contributed by atoms with Crippen molar-refractivity contribution in [2.24, 2.45) is 11.8 Å². The monoisotopic (exact) mass is 241 g/mol. The van der Waals surface area contributed by atoms with E-state index in [0.717, 1.165) is 25.5 Å². The summed E-state index contributed by atoms with van der Waals surface area (Å²) in [4.78, 5) is 10.5. The third kappa shape index (κ3) is 2.28. The van der Waals surface area contributed by atoms with Gasteiger partial charge in [-0.15, -0.1) is 0 Å². The first-order valence-electron chi connectivity index (χ1n) is 5.42. The van der Waals surface area contributed by atoms with Crippen molar-refractivity contribution in [3.63, 3.8) is 0 Å². The summed E-state index contributed by atoms with van der Waals surface area (Å²) in [5, 5.41) is 0.479. The molecule has 0 bridgehead atoms. The van der Waals surface area contributed by atoms with Gasteiger partial charge in [0.25, 0.3) is 0 Å². The van der Waals surface area contributed by atoms with Gasteiger partial charge in [-0.05, 0) is 5.92 Å². The molecule has 4 nitrogen and oxygen atoms in total. The highest BCUT2D eigenvalue weighted by Crippen LogP contribution is 2.29. The first-order chi connectivity index (χ1) is 7.72. The molecule has 2 heterocycles. The summed E-state index contributed by atoms with van der Waals surface area (Å²) in [7, 11) is 1.74. The molecule has 0 aliphatic carbocycles. The van der Waals surface area contributed by atoms with E-state index in [1.807, 2.05) is 0 Å². The molecule has 0 N–H and O–H groups in total. The number of nitrogens with zero attached hydrogens (tertiary/aromatic N) is 3. The van der Waals surface area contributed by atoms with Crippen molar-refractivity contribution in [1.29, 1.82) is 0 Å². The molecule has 1 fully saturated rings. The smallest absolute Gasteiger partial charge is 0.171 e. The number of rotatable bonds is 3. The first kappa shape index (κ1) is 11.6. The van der Waals surface area contributed by atoms with Gasteiger partial charge >= 0.3 is 0 Å². The van der Waals surface area contributed by atoms with Crippen LogP contribution >= 0.6 is 11.6 Å². The van der Waals surface area contributed by atoms with Crippen LogP contribution in [-0.4, -0.2) is 36.8 Å². The highest BCUT2D eigenvalue weighted by molar-refractivity contribution is 6.31. The predicted octanol–water partition coefficient (Wildman–Crippen LogP) is 1.85. The zero-order valence-electron chi connectivity index (χ0n) is 9.56. The minimum absolute atomic E-state index is 0.479. The zero-order valence-corrected chi connectivity index (χ0v) is 10.3. The summed E-state index contributed by atoms with van der Waals surface area (Å²) in [6, 6.07) is 0. The van der Waals surface area contributed by atoms with Gasteiger partial charge in [0.05, 0.1) is 6.61 Å². The molecule has 0 radical (unpaired) electrons. The second-order valence-electron chi connectivity index (χ2n) is 4.27. The fraction of sp³-hybridized carbons (Fsp3) is 0.636. The molecular weight excluding hydrogens is 226 g/mol. The van der Waals surface area contributed by atoms with Crippen LogP contribution in [0, 0.1) is 11.8 Å². The van der Waals surface area contributed by atoms with Gasteiger partial charge in [0.2, 0.25) is 0 Å². The zero-order chi connectivity index (χ0) is 11.5. The molecule has 0 saturated carbocycles. The number of halogens is 1. The van der Waals surface area contributed by atoms with Gasteiger partial charge in [-0.1, -0.05) is 18.5 Å². The SMILES string of the molecule is COC[C@@H]1CN(c2nccnc2Cl)C[C@H]1C. The first-order valence-corrected chi connectivity index (χ1v) is 5.80. The topological polar surface area (TPSA) is 38.2 Å². The van der Waals surface area contributed by atoms with Crippen LogP contribution in [0.3, 0.4) is 0 Å². The number of ether oxygens (including phenoxy) is 1. The maximum absolute atomic E-state index is 6.03. The third-order valence-electron chi connectivity index (χ3n) is 3.08. The Kier molecular flexibility index (Phi) is 3.61. The number of hydrogen-bond acceptors (Lipinski definition) is 4. The highest BCUT2D eigenvalue weighted by Gasteiger charge is 2.31. The van der Waals surface area contributed by atoms with Gasteiger partial charge in [-0.3, -0.25) is 0 Å². The second kappa shape index (κ2) is 4.97. The van der Waals surface area contributed by atoms with E-state index in [0.29, 0.717) is 17.0 Å². The van der Waals surface area contributed by atoms with Crippen molar-refractivity contribution in [2.45, 2.75) is 6.92 Å². The second-order valence-corrected chi connectivity index (χ2v) is 4.63. The molecule has 88 valence electrons. The molecule has 0 amide bonds. The van der Waals surface area contributed by atoms with E-state index in [4.69, 9.17) is 16.3 Å². The van der Waals surface area contributed by atoms with E-state index in [2.05, 4.69) is 21.8 Å². The summed E-state index contributed by atoms with van der Waals surface area (Å²) in [5.41, 5.74) is 0. The molecule has 1 aliphatic rings. The Morgan fingerprint density at radius 3 is 2.88 bits per heavy atom. The lowest BCUT2D eigenvalue weighted by Gasteiger charge is -2.17. The number of hydrogen-bond donors (Lipinski definition) is 0. The lowest BCUT2D eigenvalue weighted by Crippen LogP contribution is -2.22. The molecule has 2 rings (SSSR count). The van der Waals surface area contributed by atoms with Crippen molar-refractivity contribution in [1.82, 2.24) is 9.97 Å². The van der Waals surface area contributed by atoms with E-state index >= 15 is 0 Å². The van der Waals surface area contributed by atoms with Gasteiger partial charge < -0.3 is 9.64 Å². The molecule has 16 heavy (non-hydrogen) atoms. The van der Waals surface area contributed by atoms with E-state index < -0.39 is 0 Å². The summed E-state index contributed by atoms with van der Waals surface area (Å²) in [6.07, 6.45) is 3.29. The summed E-state index contributed by atoms with van der Waals surface area (Å²) in [6.45, 7) is 4.92. The molecule has 0 unspecified atom stereocenters. The van der Waals surface area contributed by atoms with Gasteiger partial charge in [0.1, 0.15) is 0 Å². The molecule has 1 saturated heterocycles. The Labute approximate surface area is 101 Å². The summed E-state index contributed by atoms with van der Waals surface area (Å²) in [5.74, 6) is 1.93. The van der Waals surface area contributed by atoms with Crippen molar-refractivity contribution >= 4 is 17.4 Å². The molecule has 0 aromatic carbocycles. The van der Waals surface area contributed by atoms with Crippen molar-refractivity contribution in [2.75, 3.05) is 31.7 Å². The quantitative estimate of drug-likeness (QED) is 0.810. The Bertz CT molecular complexity index is 361. The minimum atomic E-state index is 0.479. The van der Waals surface area contributed by atoms with E-state index in [1.165, 1.54) is 0 Å². The molecule has 5 heteroatoms. The Hall–Kier alpha value is -0.870. The summed E-state index contributed by atoms with van der Waals surface area (Å²) >= 11 is 6.03. The van der Waals surface area contributed by atoms with E-state index in [9.17, 15) is 0 Å². The van der Waals surface area contributed by atoms with Crippen LogP contribution in [0.2, 0.25) is 5.15 Å². The Morgan fingerprint density at radius 2 is 2.19 bits per heavy atom. The van der Waals surface area contributed by atoms with Crippen LogP contribution in [0.5, 0.6) is 0 Å². The van der Waals surface area contributed by atoms with Gasteiger partial charge in [0.15, 0.2) is 11.0 Å². The van der Waals surface area contributed by atoms with E-state index in [1.54, 1.807) is 19.5 Å². The summed E-state index contributed by atoms with van der Waals surface area (Å²) < 4.78 is 5.21. The van der Waals surface area contributed by atoms with Crippen LogP contribution in [0.15, 0.2) is 12.4 Å². The lowest BCUT2D eigenvalue weighted by molar-refractivity contribution is 0.144. The molecule has 2 atom stereocenters. The maximum atomic E-state index is 6.03. The standard InChI is InChI=1S/C11H16ClN3O/c1-8-5-15(6-9(8)7-16-2)11-10(12)13-3-4-14-11/h3-4,8-9H,5-7H2,1-2H3/t8-,9+/m1/s1. The normalized spacial score (nSPS) is 25.1. The molecule has 1 aliphatic heterocycles. The van der Waals surface area contributed by atoms with Gasteiger partial charge in [-0.25, -0.2) is 9.97 Å². The van der Waals surface area contributed by atoms with Gasteiger partial charge in [0, 0.05) is 38.5 Å². The fourth-order valence-electron chi connectivity index (χ4n) is 2.16. The lowest BCUT2D eigenvalue weighted by atomic mass is 10.00. The average molecular weight is 242 g/mol. The van der Waals surface area contributed by atoms with Crippen LogP contribution in [-0.2, 0) is 4.74 Å². The molecular formula is C11H16ClN3O. The van der Waals surface area contributed by atoms with Crippen LogP contribution in [0.25, 0.3) is 0 Å². The Morgan fingerprint density at radius 1 is 1.44 bits per heavy atom. The Balaban J connectivity index is 2.11. The molecule has 0 spiro atoms. The number of methoxy groups -OCH3 is 1. The van der Waals surface area contributed by atoms with E-state index in [-0.39, 0.29) is 0 Å². The largest absolute Gasteiger partial charge is 0.384 e. The molecule has 1 aromatic heterocycles. The highest BCUT2D eigenvalue weighted by atomic mass is 35.5. The number of aromatic nitrogens is 2. The maximum Gasteiger partial charge on any atom is 0.171 e. The van der Waals surface area contributed by atoms with Gasteiger partial charge in [-0.2, -0.15) is 0 Å². The third-order valence-corrected chi connectivity index (χ3v) is 3.35. The van der Waals surface area contributed by atoms with Crippen LogP contribution in [0.1, 0.15) is 6.92 Å². The number of anilines is 1. The van der Waals surface area contributed by atoms with Crippen LogP contribution in [0.4, 0.5) is 5.82 Å². The average Bonchev–Trinajstić information content (AvgIpc) is 2.61. The molecule has 1 aromatic rings. The van der Waals surface area contributed by atoms with Crippen molar-refractivity contribution < 1.29 is 4.74 Å². The minimum Gasteiger partial charge on any atom is -0.384 e. The predicted molar refractivity (Wildman–Crippen MR) is 63.8 cm³/mol. The van der Waals surface area contributed by atoms with Crippen molar-refractivity contribution in [3.05, 3.63) is 17.5 Å².